The Kier molecular flexibility index (Phi) is 6.03. The highest BCUT2D eigenvalue weighted by Gasteiger charge is 2.39. The number of aromatic amines is 1. The number of piperidine rings is 1. The van der Waals surface area contributed by atoms with Crippen molar-refractivity contribution in [2.24, 2.45) is 0 Å². The molecular weight excluding hydrogens is 490 g/mol. The molecule has 200 valence electrons. The number of H-pyrrole nitrogens is 1. The fourth-order valence-corrected chi connectivity index (χ4v) is 6.24. The number of benzene rings is 1. The maximum absolute atomic E-state index is 15.4. The van der Waals surface area contributed by atoms with Crippen molar-refractivity contribution < 1.29 is 13.5 Å². The van der Waals surface area contributed by atoms with Crippen LogP contribution in [0.15, 0.2) is 24.4 Å². The number of fused-ring (bicyclic) bond motifs is 1. The Morgan fingerprint density at radius 1 is 0.921 bits per heavy atom. The smallest absolute Gasteiger partial charge is 0.201 e. The fourth-order valence-electron chi connectivity index (χ4n) is 6.24. The van der Waals surface area contributed by atoms with Gasteiger partial charge in [0.15, 0.2) is 0 Å². The number of hydrogen-bond donors (Lipinski definition) is 2. The number of nitrogens with one attached hydrogen (secondary N) is 2. The topological polar surface area (TPSA) is 106 Å². The molecule has 11 heteroatoms. The Bertz CT molecular complexity index is 1470. The van der Waals surface area contributed by atoms with Crippen molar-refractivity contribution in [3.8, 4) is 22.4 Å². The predicted octanol–water partition coefficient (Wildman–Crippen LogP) is 5.28. The van der Waals surface area contributed by atoms with E-state index in [4.69, 9.17) is 4.74 Å². The van der Waals surface area contributed by atoms with Gasteiger partial charge in [-0.2, -0.15) is 5.10 Å². The summed E-state index contributed by atoms with van der Waals surface area (Å²) in [5.41, 5.74) is 2.27. The molecule has 9 nitrogen and oxygen atoms in total. The molecule has 5 heterocycles. The largest absolute Gasteiger partial charge is 0.372 e. The molecule has 1 atom stereocenters. The molecule has 2 fully saturated rings. The van der Waals surface area contributed by atoms with Gasteiger partial charge in [0.05, 0.1) is 17.4 Å². The van der Waals surface area contributed by atoms with Gasteiger partial charge in [-0.1, -0.05) is 5.21 Å². The molecule has 0 aliphatic carbocycles. The molecule has 3 aromatic heterocycles. The lowest BCUT2D eigenvalue weighted by atomic mass is 9.80. The van der Waals surface area contributed by atoms with Gasteiger partial charge in [0.2, 0.25) is 5.65 Å². The number of ether oxygens (including phenoxy) is 1. The van der Waals surface area contributed by atoms with Gasteiger partial charge in [0.25, 0.3) is 0 Å². The highest BCUT2D eigenvalue weighted by molar-refractivity contribution is 5.77. The standard InChI is InChI=1S/C27H32F2N8O/c1-26(2)12-15(13-27(3,4)35-26)37-25-22(32-36-37)11-21(31-34-25)17-10-19(28)16(9-20(17)29)18-14-30-33-24(18)23-7-5-6-8-38-23/h9-11,14-15,23,35H,5-8,12-13H2,1-4H3,(H,30,33). The predicted molar refractivity (Wildman–Crippen MR) is 138 cm³/mol. The van der Waals surface area contributed by atoms with Crippen molar-refractivity contribution in [2.75, 3.05) is 6.61 Å². The van der Waals surface area contributed by atoms with E-state index in [1.807, 2.05) is 4.68 Å². The summed E-state index contributed by atoms with van der Waals surface area (Å²) in [6.07, 6.45) is 5.83. The third kappa shape index (κ3) is 4.58. The van der Waals surface area contributed by atoms with Crippen LogP contribution in [0, 0.1) is 11.6 Å². The zero-order chi connectivity index (χ0) is 26.7. The van der Waals surface area contributed by atoms with Gasteiger partial charge >= 0.3 is 0 Å². The van der Waals surface area contributed by atoms with E-state index in [0.717, 1.165) is 38.2 Å². The number of rotatable bonds is 4. The van der Waals surface area contributed by atoms with Gasteiger partial charge in [-0.25, -0.2) is 13.5 Å². The summed E-state index contributed by atoms with van der Waals surface area (Å²) in [4.78, 5) is 0. The first-order valence-electron chi connectivity index (χ1n) is 13.1. The Labute approximate surface area is 219 Å². The van der Waals surface area contributed by atoms with E-state index in [1.165, 1.54) is 6.07 Å². The highest BCUT2D eigenvalue weighted by Crippen LogP contribution is 2.38. The van der Waals surface area contributed by atoms with Gasteiger partial charge in [-0.3, -0.25) is 5.10 Å². The van der Waals surface area contributed by atoms with Gasteiger partial charge < -0.3 is 10.1 Å². The molecule has 2 N–H and O–H groups in total. The summed E-state index contributed by atoms with van der Waals surface area (Å²) in [7, 11) is 0. The zero-order valence-corrected chi connectivity index (χ0v) is 22.1. The second kappa shape index (κ2) is 9.16. The molecule has 38 heavy (non-hydrogen) atoms. The first-order chi connectivity index (χ1) is 18.1. The maximum atomic E-state index is 15.4. The van der Waals surface area contributed by atoms with E-state index >= 15 is 8.78 Å². The van der Waals surface area contributed by atoms with Crippen molar-refractivity contribution in [3.05, 3.63) is 41.7 Å². The third-order valence-corrected chi connectivity index (χ3v) is 7.51. The van der Waals surface area contributed by atoms with Crippen molar-refractivity contribution in [1.29, 1.82) is 0 Å². The maximum Gasteiger partial charge on any atom is 0.201 e. The van der Waals surface area contributed by atoms with Crippen molar-refractivity contribution in [1.82, 2.24) is 40.7 Å². The average Bonchev–Trinajstić information content (AvgIpc) is 3.51. The van der Waals surface area contributed by atoms with Crippen LogP contribution < -0.4 is 5.32 Å². The van der Waals surface area contributed by atoms with Crippen LogP contribution in [0.5, 0.6) is 0 Å². The molecule has 0 saturated carbocycles. The summed E-state index contributed by atoms with van der Waals surface area (Å²) in [5, 5.41) is 28.0. The van der Waals surface area contributed by atoms with Gasteiger partial charge in [-0.15, -0.1) is 15.3 Å². The Morgan fingerprint density at radius 2 is 1.66 bits per heavy atom. The van der Waals surface area contributed by atoms with E-state index in [-0.39, 0.29) is 40.0 Å². The summed E-state index contributed by atoms with van der Waals surface area (Å²) in [5.74, 6) is -1.19. The molecule has 2 aliphatic rings. The summed E-state index contributed by atoms with van der Waals surface area (Å²) in [6.45, 7) is 9.30. The van der Waals surface area contributed by atoms with Crippen LogP contribution in [0.4, 0.5) is 8.78 Å². The number of nitrogens with zero attached hydrogens (tertiary/aromatic N) is 6. The second-order valence-corrected chi connectivity index (χ2v) is 11.8. The Morgan fingerprint density at radius 3 is 2.39 bits per heavy atom. The minimum atomic E-state index is -0.610. The summed E-state index contributed by atoms with van der Waals surface area (Å²) in [6, 6.07) is 4.03. The third-order valence-electron chi connectivity index (χ3n) is 7.51. The van der Waals surface area contributed by atoms with Crippen molar-refractivity contribution in [2.45, 2.75) is 83.0 Å². The normalized spacial score (nSPS) is 21.7. The van der Waals surface area contributed by atoms with Crippen LogP contribution in [0.1, 0.15) is 77.6 Å². The summed E-state index contributed by atoms with van der Waals surface area (Å²) >= 11 is 0. The molecule has 2 aliphatic heterocycles. The van der Waals surface area contributed by atoms with Gasteiger partial charge in [-0.05, 0) is 78.0 Å². The lowest BCUT2D eigenvalue weighted by Crippen LogP contribution is -2.58. The van der Waals surface area contributed by atoms with Crippen LogP contribution >= 0.6 is 0 Å². The molecule has 1 unspecified atom stereocenters. The van der Waals surface area contributed by atoms with Crippen LogP contribution in [-0.4, -0.2) is 53.1 Å². The molecule has 0 amide bonds. The molecule has 1 aromatic carbocycles. The van der Waals surface area contributed by atoms with Crippen LogP contribution in [0.2, 0.25) is 0 Å². The molecule has 0 bridgehead atoms. The first kappa shape index (κ1) is 25.0. The number of halogens is 2. The summed E-state index contributed by atoms with van der Waals surface area (Å²) < 4.78 is 38.4. The van der Waals surface area contributed by atoms with E-state index in [2.05, 4.69) is 63.7 Å². The van der Waals surface area contributed by atoms with Crippen molar-refractivity contribution >= 4 is 11.2 Å². The van der Waals surface area contributed by atoms with Gasteiger partial charge in [0.1, 0.15) is 23.3 Å². The average molecular weight is 523 g/mol. The molecule has 4 aromatic rings. The Balaban J connectivity index is 1.32. The molecule has 6 rings (SSSR count). The first-order valence-corrected chi connectivity index (χ1v) is 13.1. The van der Waals surface area contributed by atoms with Crippen LogP contribution in [0.3, 0.4) is 0 Å². The minimum Gasteiger partial charge on any atom is -0.372 e. The second-order valence-electron chi connectivity index (χ2n) is 11.8. The number of aromatic nitrogens is 7. The van der Waals surface area contributed by atoms with E-state index in [0.29, 0.717) is 29.0 Å². The highest BCUT2D eigenvalue weighted by atomic mass is 19.1. The lowest BCUT2D eigenvalue weighted by molar-refractivity contribution is 0.0126. The van der Waals surface area contributed by atoms with Crippen LogP contribution in [-0.2, 0) is 4.74 Å². The van der Waals surface area contributed by atoms with Crippen LogP contribution in [0.25, 0.3) is 33.5 Å². The Hall–Kier alpha value is -3.31. The quantitative estimate of drug-likeness (QED) is 0.376. The van der Waals surface area contributed by atoms with E-state index in [1.54, 1.807) is 12.3 Å². The van der Waals surface area contributed by atoms with Crippen molar-refractivity contribution in [3.63, 3.8) is 0 Å². The van der Waals surface area contributed by atoms with E-state index < -0.39 is 11.6 Å². The molecular formula is C27H32F2N8O. The SMILES string of the molecule is CC1(C)CC(n2nnc3cc(-c4cc(F)c(-c5c[nH]nc5C5CCCCO5)cc4F)nnc32)CC(C)(C)N1. The number of hydrogen-bond acceptors (Lipinski definition) is 7. The minimum absolute atomic E-state index is 0.0123. The monoisotopic (exact) mass is 522 g/mol. The molecule has 0 radical (unpaired) electrons. The lowest BCUT2D eigenvalue weighted by Gasteiger charge is -2.46. The zero-order valence-electron chi connectivity index (χ0n) is 22.1. The molecule has 0 spiro atoms. The molecule has 2 saturated heterocycles. The van der Waals surface area contributed by atoms with E-state index in [9.17, 15) is 0 Å². The van der Waals surface area contributed by atoms with Gasteiger partial charge in [0, 0.05) is 40.6 Å². The fraction of sp³-hybridized carbons (Fsp3) is 0.519.